The number of ether oxygens (including phenoxy) is 2. The highest BCUT2D eigenvalue weighted by molar-refractivity contribution is 8.26. The van der Waals surface area contributed by atoms with E-state index >= 15 is 0 Å². The Bertz CT molecular complexity index is 1030. The molecule has 0 saturated carbocycles. The number of hydrogen-bond donors (Lipinski definition) is 0. The van der Waals surface area contributed by atoms with Gasteiger partial charge in [-0.25, -0.2) is 0 Å². The van der Waals surface area contributed by atoms with Crippen LogP contribution < -0.4 is 9.47 Å². The summed E-state index contributed by atoms with van der Waals surface area (Å²) in [6.45, 7) is 1.25. The van der Waals surface area contributed by atoms with Gasteiger partial charge in [0, 0.05) is 0 Å². The van der Waals surface area contributed by atoms with Crippen molar-refractivity contribution in [2.45, 2.75) is 6.54 Å². The molecule has 0 N–H and O–H groups in total. The molecule has 0 radical (unpaired) electrons. The van der Waals surface area contributed by atoms with E-state index in [2.05, 4.69) is 0 Å². The van der Waals surface area contributed by atoms with Gasteiger partial charge in [-0.1, -0.05) is 54.3 Å². The number of carbonyl (C=O) groups excluding carboxylic acids is 1. The van der Waals surface area contributed by atoms with Crippen LogP contribution in [0.2, 0.25) is 0 Å². The fourth-order valence-corrected chi connectivity index (χ4v) is 4.10. The van der Waals surface area contributed by atoms with E-state index in [1.165, 1.54) is 11.8 Å². The molecule has 1 aromatic heterocycles. The van der Waals surface area contributed by atoms with E-state index in [0.717, 1.165) is 17.1 Å². The van der Waals surface area contributed by atoms with Gasteiger partial charge in [0.2, 0.25) is 0 Å². The van der Waals surface area contributed by atoms with Gasteiger partial charge in [-0.05, 0) is 48.0 Å². The molecule has 2 aromatic carbocycles. The molecule has 1 fully saturated rings. The second-order valence-electron chi connectivity index (χ2n) is 6.43. The van der Waals surface area contributed by atoms with Gasteiger partial charge in [0.15, 0.2) is 0 Å². The maximum absolute atomic E-state index is 12.7. The van der Waals surface area contributed by atoms with Gasteiger partial charge in [0.05, 0.1) is 17.7 Å². The van der Waals surface area contributed by atoms with Crippen molar-refractivity contribution in [1.29, 1.82) is 0 Å². The first-order chi connectivity index (χ1) is 14.7. The number of amides is 1. The van der Waals surface area contributed by atoms with E-state index in [1.54, 1.807) is 17.2 Å². The first-order valence-corrected chi connectivity index (χ1v) is 10.6. The summed E-state index contributed by atoms with van der Waals surface area (Å²) in [7, 11) is 0. The lowest BCUT2D eigenvalue weighted by Crippen LogP contribution is -2.27. The summed E-state index contributed by atoms with van der Waals surface area (Å²) in [5, 5.41) is 0. The van der Waals surface area contributed by atoms with E-state index in [9.17, 15) is 4.79 Å². The lowest BCUT2D eigenvalue weighted by atomic mass is 10.2. The van der Waals surface area contributed by atoms with Crippen molar-refractivity contribution >= 4 is 40.3 Å². The molecule has 1 amide bonds. The molecule has 1 aliphatic rings. The Balaban J connectivity index is 1.31. The van der Waals surface area contributed by atoms with E-state index in [-0.39, 0.29) is 5.91 Å². The number of thiocarbonyl (C=S) groups is 1. The van der Waals surface area contributed by atoms with Gasteiger partial charge < -0.3 is 13.9 Å². The van der Waals surface area contributed by atoms with Crippen molar-refractivity contribution in [2.75, 3.05) is 13.2 Å². The number of nitrogens with zero attached hydrogens (tertiary/aromatic N) is 1. The fraction of sp³-hybridized carbons (Fsp3) is 0.130. The maximum atomic E-state index is 12.7. The van der Waals surface area contributed by atoms with Crippen molar-refractivity contribution in [3.05, 3.63) is 89.2 Å². The molecule has 1 aliphatic heterocycles. The molecule has 2 heterocycles. The summed E-state index contributed by atoms with van der Waals surface area (Å²) in [4.78, 5) is 14.8. The summed E-state index contributed by atoms with van der Waals surface area (Å²) in [5.74, 6) is 2.15. The van der Waals surface area contributed by atoms with E-state index in [0.29, 0.717) is 34.7 Å². The predicted molar refractivity (Wildman–Crippen MR) is 121 cm³/mol. The number of thioether (sulfide) groups is 1. The topological polar surface area (TPSA) is 51.9 Å². The Morgan fingerprint density at radius 1 is 0.933 bits per heavy atom. The summed E-state index contributed by atoms with van der Waals surface area (Å²) in [6.07, 6.45) is 3.42. The molecular formula is C23H19NO4S2. The molecule has 0 atom stereocenters. The zero-order valence-corrected chi connectivity index (χ0v) is 17.7. The van der Waals surface area contributed by atoms with Gasteiger partial charge >= 0.3 is 0 Å². The summed E-state index contributed by atoms with van der Waals surface area (Å²) >= 11 is 6.65. The summed E-state index contributed by atoms with van der Waals surface area (Å²) < 4.78 is 17.2. The SMILES string of the molecule is O=C1/C(=C/c2ccc(OCCOc3ccccc3)cc2)SC(=S)N1Cc1ccco1. The molecular weight excluding hydrogens is 418 g/mol. The number of para-hydroxylation sites is 1. The lowest BCUT2D eigenvalue weighted by molar-refractivity contribution is -0.122. The molecule has 0 bridgehead atoms. The number of furan rings is 1. The molecule has 152 valence electrons. The van der Waals surface area contributed by atoms with Gasteiger partial charge in [-0.15, -0.1) is 0 Å². The Morgan fingerprint density at radius 2 is 1.63 bits per heavy atom. The monoisotopic (exact) mass is 437 g/mol. The second-order valence-corrected chi connectivity index (χ2v) is 8.10. The Hall–Kier alpha value is -3.03. The summed E-state index contributed by atoms with van der Waals surface area (Å²) in [6, 6.07) is 20.8. The number of carbonyl (C=O) groups is 1. The summed E-state index contributed by atoms with van der Waals surface area (Å²) in [5.41, 5.74) is 0.904. The average molecular weight is 438 g/mol. The first kappa shape index (κ1) is 20.3. The van der Waals surface area contributed by atoms with Crippen LogP contribution in [0, 0.1) is 0 Å². The maximum Gasteiger partial charge on any atom is 0.266 e. The normalized spacial score (nSPS) is 15.1. The van der Waals surface area contributed by atoms with Crippen molar-refractivity contribution in [1.82, 2.24) is 4.90 Å². The highest BCUT2D eigenvalue weighted by Crippen LogP contribution is 2.33. The zero-order valence-electron chi connectivity index (χ0n) is 16.0. The highest BCUT2D eigenvalue weighted by atomic mass is 32.2. The third-order valence-corrected chi connectivity index (χ3v) is 5.69. The fourth-order valence-electron chi connectivity index (χ4n) is 2.84. The van der Waals surface area contributed by atoms with Crippen LogP contribution in [-0.4, -0.2) is 28.3 Å². The van der Waals surface area contributed by atoms with Gasteiger partial charge in [-0.2, -0.15) is 0 Å². The van der Waals surface area contributed by atoms with Gasteiger partial charge in [0.1, 0.15) is 34.8 Å². The minimum Gasteiger partial charge on any atom is -0.490 e. The quantitative estimate of drug-likeness (QED) is 0.276. The van der Waals surface area contributed by atoms with E-state index in [1.807, 2.05) is 66.7 Å². The van der Waals surface area contributed by atoms with E-state index < -0.39 is 0 Å². The van der Waals surface area contributed by atoms with Crippen LogP contribution in [-0.2, 0) is 11.3 Å². The molecule has 1 saturated heterocycles. The zero-order chi connectivity index (χ0) is 20.8. The van der Waals surface area contributed by atoms with Crippen LogP contribution in [0.3, 0.4) is 0 Å². The smallest absolute Gasteiger partial charge is 0.266 e. The van der Waals surface area contributed by atoms with Gasteiger partial charge in [0.25, 0.3) is 5.91 Å². The number of benzene rings is 2. The molecule has 3 aromatic rings. The van der Waals surface area contributed by atoms with Crippen LogP contribution in [0.5, 0.6) is 11.5 Å². The van der Waals surface area contributed by atoms with Crippen molar-refractivity contribution < 1.29 is 18.7 Å². The highest BCUT2D eigenvalue weighted by Gasteiger charge is 2.32. The molecule has 0 spiro atoms. The predicted octanol–water partition coefficient (Wildman–Crippen LogP) is 5.14. The number of hydrogen-bond acceptors (Lipinski definition) is 6. The first-order valence-electron chi connectivity index (χ1n) is 9.37. The third-order valence-electron chi connectivity index (χ3n) is 4.31. The standard InChI is InChI=1S/C23H19NO4S2/c25-22-21(30-23(29)24(22)16-20-7-4-12-26-20)15-17-8-10-19(11-9-17)28-14-13-27-18-5-2-1-3-6-18/h1-12,15H,13-14,16H2/b21-15-. The molecule has 0 unspecified atom stereocenters. The molecule has 7 heteroatoms. The van der Waals surface area contributed by atoms with E-state index in [4.69, 9.17) is 26.1 Å². The van der Waals surface area contributed by atoms with Crippen LogP contribution in [0.25, 0.3) is 6.08 Å². The van der Waals surface area contributed by atoms with Crippen LogP contribution in [0.15, 0.2) is 82.3 Å². The molecule has 4 rings (SSSR count). The number of rotatable bonds is 8. The average Bonchev–Trinajstić information content (AvgIpc) is 3.37. The minimum atomic E-state index is -0.111. The van der Waals surface area contributed by atoms with Crippen molar-refractivity contribution in [3.8, 4) is 11.5 Å². The Kier molecular flexibility index (Phi) is 6.51. The van der Waals surface area contributed by atoms with Crippen LogP contribution in [0.1, 0.15) is 11.3 Å². The van der Waals surface area contributed by atoms with Crippen molar-refractivity contribution in [3.63, 3.8) is 0 Å². The second kappa shape index (κ2) is 9.65. The Labute approximate surface area is 184 Å². The largest absolute Gasteiger partial charge is 0.490 e. The molecule has 30 heavy (non-hydrogen) atoms. The molecule has 5 nitrogen and oxygen atoms in total. The van der Waals surface area contributed by atoms with Crippen LogP contribution >= 0.6 is 24.0 Å². The Morgan fingerprint density at radius 3 is 2.30 bits per heavy atom. The van der Waals surface area contributed by atoms with Crippen molar-refractivity contribution in [2.24, 2.45) is 0 Å². The minimum absolute atomic E-state index is 0.111. The lowest BCUT2D eigenvalue weighted by Gasteiger charge is -2.12. The third kappa shape index (κ3) is 5.11. The van der Waals surface area contributed by atoms with Gasteiger partial charge in [-0.3, -0.25) is 9.69 Å². The van der Waals surface area contributed by atoms with Crippen LogP contribution in [0.4, 0.5) is 0 Å². The molecule has 0 aliphatic carbocycles.